The molecule has 2 atom stereocenters. The standard InChI is InChI=1S/C49H95O8P/c1-4-7-9-11-13-15-17-19-21-23-24-25-26-27-28-30-31-33-35-37-39-41-43-48(50)54-45-47(46-56-58(52,53)55-6-3)57-49(51)44-42-40-38-36-34-32-29-22-20-18-16-14-12-10-8-5-2/h22,29,47H,4-21,23-28,30-46H2,1-3H3,(H,52,53)/b29-22-. The molecule has 9 heteroatoms. The van der Waals surface area contributed by atoms with Crippen molar-refractivity contribution in [2.75, 3.05) is 19.8 Å². The van der Waals surface area contributed by atoms with E-state index >= 15 is 0 Å². The maximum Gasteiger partial charge on any atom is 0.472 e. The van der Waals surface area contributed by atoms with Crippen molar-refractivity contribution in [2.45, 2.75) is 271 Å². The molecule has 0 saturated carbocycles. The molecule has 0 amide bonds. The Morgan fingerprint density at radius 3 is 1.14 bits per heavy atom. The van der Waals surface area contributed by atoms with Gasteiger partial charge in [-0.1, -0.05) is 219 Å². The van der Waals surface area contributed by atoms with Crippen molar-refractivity contribution in [3.63, 3.8) is 0 Å². The van der Waals surface area contributed by atoms with Gasteiger partial charge in [-0.15, -0.1) is 0 Å². The molecule has 1 N–H and O–H groups in total. The predicted octanol–water partition coefficient (Wildman–Crippen LogP) is 16.0. The highest BCUT2D eigenvalue weighted by Crippen LogP contribution is 2.43. The van der Waals surface area contributed by atoms with Gasteiger partial charge in [0.25, 0.3) is 0 Å². The molecule has 0 spiro atoms. The molecular weight excluding hydrogens is 748 g/mol. The van der Waals surface area contributed by atoms with Crippen molar-refractivity contribution >= 4 is 19.8 Å². The van der Waals surface area contributed by atoms with Crippen LogP contribution in [0.4, 0.5) is 0 Å². The summed E-state index contributed by atoms with van der Waals surface area (Å²) in [6.07, 6.45) is 49.9. The van der Waals surface area contributed by atoms with Crippen LogP contribution in [0.2, 0.25) is 0 Å². The van der Waals surface area contributed by atoms with Crippen LogP contribution in [0.15, 0.2) is 12.2 Å². The van der Waals surface area contributed by atoms with Crippen molar-refractivity contribution in [1.29, 1.82) is 0 Å². The monoisotopic (exact) mass is 843 g/mol. The molecule has 0 saturated heterocycles. The van der Waals surface area contributed by atoms with E-state index in [4.69, 9.17) is 18.5 Å². The molecule has 0 aromatic carbocycles. The number of esters is 2. The highest BCUT2D eigenvalue weighted by molar-refractivity contribution is 7.47. The van der Waals surface area contributed by atoms with E-state index in [0.717, 1.165) is 51.4 Å². The second kappa shape index (κ2) is 45.3. The van der Waals surface area contributed by atoms with Crippen LogP contribution in [-0.4, -0.2) is 42.8 Å². The van der Waals surface area contributed by atoms with Crippen LogP contribution >= 0.6 is 7.82 Å². The highest BCUT2D eigenvalue weighted by Gasteiger charge is 2.25. The number of carbonyl (C=O) groups excluding carboxylic acids is 2. The summed E-state index contributed by atoms with van der Waals surface area (Å²) in [5, 5.41) is 0. The van der Waals surface area contributed by atoms with E-state index in [2.05, 4.69) is 26.0 Å². The molecule has 0 aliphatic heterocycles. The lowest BCUT2D eigenvalue weighted by Crippen LogP contribution is -2.29. The fourth-order valence-corrected chi connectivity index (χ4v) is 8.15. The van der Waals surface area contributed by atoms with Crippen LogP contribution < -0.4 is 0 Å². The SMILES string of the molecule is CCCCCCCCC/C=C\CCCCCCCC(=O)OC(COC(=O)CCCCCCCCCCCCCCCCCCCCCCCC)COP(=O)(O)OCC. The van der Waals surface area contributed by atoms with Crippen molar-refractivity contribution in [3.8, 4) is 0 Å². The summed E-state index contributed by atoms with van der Waals surface area (Å²) in [5.74, 6) is -0.791. The van der Waals surface area contributed by atoms with Gasteiger partial charge in [-0.25, -0.2) is 4.57 Å². The Bertz CT molecular complexity index is 957. The zero-order valence-electron chi connectivity index (χ0n) is 38.5. The number of phosphoric ester groups is 1. The van der Waals surface area contributed by atoms with Gasteiger partial charge in [-0.05, 0) is 45.4 Å². The molecule has 0 rings (SSSR count). The Morgan fingerprint density at radius 2 is 0.776 bits per heavy atom. The maximum atomic E-state index is 12.6. The first kappa shape index (κ1) is 56.8. The average molecular weight is 843 g/mol. The predicted molar refractivity (Wildman–Crippen MR) is 244 cm³/mol. The van der Waals surface area contributed by atoms with Crippen molar-refractivity contribution in [3.05, 3.63) is 12.2 Å². The first-order chi connectivity index (χ1) is 28.3. The molecule has 0 aromatic heterocycles. The zero-order chi connectivity index (χ0) is 42.5. The first-order valence-electron chi connectivity index (χ1n) is 25.0. The van der Waals surface area contributed by atoms with Crippen LogP contribution in [0.3, 0.4) is 0 Å². The Balaban J connectivity index is 3.94. The van der Waals surface area contributed by atoms with Gasteiger partial charge in [0.1, 0.15) is 6.61 Å². The minimum atomic E-state index is -4.28. The van der Waals surface area contributed by atoms with Gasteiger partial charge in [-0.3, -0.25) is 18.6 Å². The largest absolute Gasteiger partial charge is 0.472 e. The topological polar surface area (TPSA) is 108 Å². The van der Waals surface area contributed by atoms with Crippen LogP contribution in [0.1, 0.15) is 265 Å². The van der Waals surface area contributed by atoms with Gasteiger partial charge in [0.05, 0.1) is 13.2 Å². The molecule has 58 heavy (non-hydrogen) atoms. The lowest BCUT2D eigenvalue weighted by atomic mass is 10.0. The van der Waals surface area contributed by atoms with Crippen LogP contribution in [-0.2, 0) is 32.7 Å². The minimum absolute atomic E-state index is 0.00228. The van der Waals surface area contributed by atoms with Gasteiger partial charge in [0.15, 0.2) is 6.10 Å². The van der Waals surface area contributed by atoms with Gasteiger partial charge in [-0.2, -0.15) is 0 Å². The molecule has 0 aliphatic rings. The summed E-state index contributed by atoms with van der Waals surface area (Å²) < 4.78 is 32.8. The van der Waals surface area contributed by atoms with E-state index in [0.29, 0.717) is 12.8 Å². The van der Waals surface area contributed by atoms with Gasteiger partial charge in [0.2, 0.25) is 0 Å². The highest BCUT2D eigenvalue weighted by atomic mass is 31.2. The first-order valence-corrected chi connectivity index (χ1v) is 26.5. The van der Waals surface area contributed by atoms with Crippen molar-refractivity contribution < 1.29 is 37.6 Å². The summed E-state index contributed by atoms with van der Waals surface area (Å²) >= 11 is 0. The quantitative estimate of drug-likeness (QED) is 0.0279. The van der Waals surface area contributed by atoms with Crippen molar-refractivity contribution in [2.24, 2.45) is 0 Å². The Morgan fingerprint density at radius 1 is 0.448 bits per heavy atom. The fourth-order valence-electron chi connectivity index (χ4n) is 7.39. The number of allylic oxidation sites excluding steroid dienone is 2. The number of unbranched alkanes of at least 4 members (excludes halogenated alkanes) is 33. The smallest absolute Gasteiger partial charge is 0.462 e. The van der Waals surface area contributed by atoms with E-state index in [1.54, 1.807) is 6.92 Å². The fraction of sp³-hybridized carbons (Fsp3) is 0.918. The lowest BCUT2D eigenvalue weighted by molar-refractivity contribution is -0.161. The molecule has 0 aromatic rings. The Labute approximate surface area is 359 Å². The summed E-state index contributed by atoms with van der Waals surface area (Å²) in [5.41, 5.74) is 0. The number of rotatable bonds is 47. The Hall–Kier alpha value is -1.21. The third-order valence-electron chi connectivity index (χ3n) is 11.1. The summed E-state index contributed by atoms with van der Waals surface area (Å²) in [4.78, 5) is 34.9. The molecule has 0 heterocycles. The molecule has 0 radical (unpaired) electrons. The van der Waals surface area contributed by atoms with Crippen LogP contribution in [0, 0.1) is 0 Å². The summed E-state index contributed by atoms with van der Waals surface area (Å²) in [6, 6.07) is 0. The number of ether oxygens (including phenoxy) is 2. The van der Waals surface area contributed by atoms with E-state index in [9.17, 15) is 19.0 Å². The van der Waals surface area contributed by atoms with E-state index in [-0.39, 0.29) is 25.6 Å². The number of carbonyl (C=O) groups is 2. The summed E-state index contributed by atoms with van der Waals surface area (Å²) in [7, 11) is -4.28. The second-order valence-corrected chi connectivity index (χ2v) is 18.3. The van der Waals surface area contributed by atoms with Crippen molar-refractivity contribution in [1.82, 2.24) is 0 Å². The molecule has 0 fully saturated rings. The number of phosphoric acid groups is 1. The average Bonchev–Trinajstić information content (AvgIpc) is 3.20. The third kappa shape index (κ3) is 44.3. The molecule has 344 valence electrons. The van der Waals surface area contributed by atoms with E-state index < -0.39 is 26.5 Å². The van der Waals surface area contributed by atoms with Gasteiger partial charge >= 0.3 is 19.8 Å². The van der Waals surface area contributed by atoms with E-state index in [1.807, 2.05) is 0 Å². The zero-order valence-corrected chi connectivity index (χ0v) is 39.4. The molecule has 8 nitrogen and oxygen atoms in total. The van der Waals surface area contributed by atoms with Gasteiger partial charge < -0.3 is 14.4 Å². The number of hydrogen-bond acceptors (Lipinski definition) is 7. The maximum absolute atomic E-state index is 12.6. The lowest BCUT2D eigenvalue weighted by Gasteiger charge is -2.19. The number of hydrogen-bond donors (Lipinski definition) is 1. The third-order valence-corrected chi connectivity index (χ3v) is 12.1. The second-order valence-electron chi connectivity index (χ2n) is 16.8. The van der Waals surface area contributed by atoms with Crippen LogP contribution in [0.5, 0.6) is 0 Å². The van der Waals surface area contributed by atoms with Crippen LogP contribution in [0.25, 0.3) is 0 Å². The Kier molecular flexibility index (Phi) is 44.4. The molecule has 0 bridgehead atoms. The molecular formula is C49H95O8P. The molecule has 0 aliphatic carbocycles. The van der Waals surface area contributed by atoms with Gasteiger partial charge in [0, 0.05) is 12.8 Å². The van der Waals surface area contributed by atoms with E-state index in [1.165, 1.54) is 173 Å². The molecule has 2 unspecified atom stereocenters. The normalized spacial score (nSPS) is 13.2. The minimum Gasteiger partial charge on any atom is -0.462 e. The summed E-state index contributed by atoms with van der Waals surface area (Å²) in [6.45, 7) is 5.52.